The Balaban J connectivity index is 1.55. The number of alkyl halides is 2. The van der Waals surface area contributed by atoms with E-state index in [0.29, 0.717) is 24.5 Å². The van der Waals surface area contributed by atoms with Gasteiger partial charge < -0.3 is 19.4 Å². The lowest BCUT2D eigenvalue weighted by Crippen LogP contribution is -2.27. The molecule has 0 aliphatic carbocycles. The van der Waals surface area contributed by atoms with Crippen LogP contribution in [0.2, 0.25) is 0 Å². The van der Waals surface area contributed by atoms with Gasteiger partial charge in [0.15, 0.2) is 0 Å². The van der Waals surface area contributed by atoms with Crippen LogP contribution in [-0.2, 0) is 16.1 Å². The van der Waals surface area contributed by atoms with Gasteiger partial charge in [-0.3, -0.25) is 9.59 Å². The summed E-state index contributed by atoms with van der Waals surface area (Å²) in [6, 6.07) is 9.11. The fourth-order valence-electron chi connectivity index (χ4n) is 2.66. The molecule has 1 aliphatic rings. The lowest BCUT2D eigenvalue weighted by Gasteiger charge is -2.15. The second-order valence-electron chi connectivity index (χ2n) is 5.65. The van der Waals surface area contributed by atoms with E-state index in [2.05, 4.69) is 10.1 Å². The molecule has 0 bridgehead atoms. The van der Waals surface area contributed by atoms with E-state index in [4.69, 9.17) is 4.42 Å². The lowest BCUT2D eigenvalue weighted by molar-refractivity contribution is -0.128. The fraction of sp³-hybridized carbons (Fsp3) is 0.294. The molecule has 1 atom stereocenters. The predicted molar refractivity (Wildman–Crippen MR) is 83.9 cm³/mol. The summed E-state index contributed by atoms with van der Waals surface area (Å²) in [6.07, 6.45) is 1.65. The lowest BCUT2D eigenvalue weighted by atomic mass is 10.1. The zero-order valence-electron chi connectivity index (χ0n) is 13.2. The maximum Gasteiger partial charge on any atom is 0.387 e. The number of carbonyl (C=O) groups is 2. The van der Waals surface area contributed by atoms with Gasteiger partial charge in [0.2, 0.25) is 11.8 Å². The molecule has 2 aromatic rings. The molecule has 0 unspecified atom stereocenters. The number of anilines is 1. The van der Waals surface area contributed by atoms with Crippen molar-refractivity contribution in [3.8, 4) is 5.75 Å². The fourth-order valence-corrected chi connectivity index (χ4v) is 2.66. The minimum absolute atomic E-state index is 0.00802. The first kappa shape index (κ1) is 16.9. The normalized spacial score (nSPS) is 17.2. The monoisotopic (exact) mass is 350 g/mol. The molecule has 3 rings (SSSR count). The summed E-state index contributed by atoms with van der Waals surface area (Å²) in [4.78, 5) is 25.9. The van der Waals surface area contributed by atoms with Crippen LogP contribution in [-0.4, -0.2) is 29.9 Å². The highest BCUT2D eigenvalue weighted by atomic mass is 19.3. The van der Waals surface area contributed by atoms with Gasteiger partial charge in [-0.15, -0.1) is 0 Å². The van der Waals surface area contributed by atoms with Crippen LogP contribution in [0.15, 0.2) is 47.1 Å². The maximum absolute atomic E-state index is 12.3. The van der Waals surface area contributed by atoms with Crippen LogP contribution in [0.5, 0.6) is 5.75 Å². The molecular formula is C17H16F2N2O4. The highest BCUT2D eigenvalue weighted by Crippen LogP contribution is 2.23. The highest BCUT2D eigenvalue weighted by Gasteiger charge is 2.34. The summed E-state index contributed by atoms with van der Waals surface area (Å²) in [6.45, 7) is -2.27. The van der Waals surface area contributed by atoms with Crippen molar-refractivity contribution in [2.24, 2.45) is 5.92 Å². The summed E-state index contributed by atoms with van der Waals surface area (Å²) in [5, 5.41) is 2.68. The Hall–Kier alpha value is -2.90. The molecule has 0 spiro atoms. The van der Waals surface area contributed by atoms with Crippen LogP contribution in [0.3, 0.4) is 0 Å². The van der Waals surface area contributed by atoms with Gasteiger partial charge in [-0.2, -0.15) is 8.78 Å². The number of halogens is 2. The van der Waals surface area contributed by atoms with E-state index < -0.39 is 12.5 Å². The summed E-state index contributed by atoms with van der Waals surface area (Å²) in [7, 11) is 0. The molecule has 1 aliphatic heterocycles. The maximum atomic E-state index is 12.3. The van der Waals surface area contributed by atoms with Crippen molar-refractivity contribution in [1.82, 2.24) is 4.90 Å². The third-order valence-corrected chi connectivity index (χ3v) is 3.86. The van der Waals surface area contributed by atoms with Gasteiger partial charge in [-0.25, -0.2) is 0 Å². The number of hydrogen-bond donors (Lipinski definition) is 1. The molecule has 1 fully saturated rings. The SMILES string of the molecule is O=C(Nc1ccc(OC(F)F)cc1)[C@H]1CC(=O)N(Cc2ccco2)C1. The summed E-state index contributed by atoms with van der Waals surface area (Å²) < 4.78 is 33.7. The Morgan fingerprint density at radius 2 is 2.08 bits per heavy atom. The van der Waals surface area contributed by atoms with Crippen molar-refractivity contribution in [2.45, 2.75) is 19.6 Å². The minimum Gasteiger partial charge on any atom is -0.467 e. The molecule has 2 amide bonds. The Kier molecular flexibility index (Phi) is 4.97. The first-order valence-electron chi connectivity index (χ1n) is 7.67. The molecule has 132 valence electrons. The molecule has 0 saturated carbocycles. The molecule has 2 heterocycles. The van der Waals surface area contributed by atoms with E-state index >= 15 is 0 Å². The molecule has 0 radical (unpaired) electrons. The standard InChI is InChI=1S/C17H16F2N2O4/c18-17(19)25-13-5-3-12(4-6-13)20-16(23)11-8-15(22)21(9-11)10-14-2-1-7-24-14/h1-7,11,17H,8-10H2,(H,20,23)/t11-/m0/s1. The number of amides is 2. The highest BCUT2D eigenvalue weighted by molar-refractivity contribution is 5.97. The second kappa shape index (κ2) is 7.33. The molecule has 1 N–H and O–H groups in total. The van der Waals surface area contributed by atoms with Crippen molar-refractivity contribution < 1.29 is 27.5 Å². The van der Waals surface area contributed by atoms with Crippen molar-refractivity contribution in [1.29, 1.82) is 0 Å². The third-order valence-electron chi connectivity index (χ3n) is 3.86. The van der Waals surface area contributed by atoms with Crippen LogP contribution in [0.25, 0.3) is 0 Å². The Morgan fingerprint density at radius 1 is 1.32 bits per heavy atom. The topological polar surface area (TPSA) is 71.8 Å². The van der Waals surface area contributed by atoms with Gasteiger partial charge in [0.05, 0.1) is 18.7 Å². The minimum atomic E-state index is -2.90. The van der Waals surface area contributed by atoms with Crippen LogP contribution < -0.4 is 10.1 Å². The number of carbonyl (C=O) groups excluding carboxylic acids is 2. The quantitative estimate of drug-likeness (QED) is 0.870. The van der Waals surface area contributed by atoms with Crippen LogP contribution in [0, 0.1) is 5.92 Å². The number of nitrogens with one attached hydrogen (secondary N) is 1. The summed E-state index contributed by atoms with van der Waals surface area (Å²) in [5.74, 6) is -0.216. The number of nitrogens with zero attached hydrogens (tertiary/aromatic N) is 1. The van der Waals surface area contributed by atoms with E-state index in [1.165, 1.54) is 30.5 Å². The Morgan fingerprint density at radius 3 is 2.72 bits per heavy atom. The van der Waals surface area contributed by atoms with Crippen molar-refractivity contribution in [3.63, 3.8) is 0 Å². The number of hydrogen-bond acceptors (Lipinski definition) is 4. The Labute approximate surface area is 142 Å². The van der Waals surface area contributed by atoms with Gasteiger partial charge in [0, 0.05) is 18.7 Å². The van der Waals surface area contributed by atoms with Gasteiger partial charge in [0.1, 0.15) is 11.5 Å². The van der Waals surface area contributed by atoms with Crippen LogP contribution >= 0.6 is 0 Å². The average Bonchev–Trinajstić information content (AvgIpc) is 3.20. The second-order valence-corrected chi connectivity index (χ2v) is 5.65. The van der Waals surface area contributed by atoms with E-state index in [1.54, 1.807) is 17.0 Å². The molecule has 6 nitrogen and oxygen atoms in total. The van der Waals surface area contributed by atoms with Crippen LogP contribution in [0.1, 0.15) is 12.2 Å². The number of furan rings is 1. The summed E-state index contributed by atoms with van der Waals surface area (Å²) >= 11 is 0. The molecule has 1 saturated heterocycles. The molecule has 8 heteroatoms. The summed E-state index contributed by atoms with van der Waals surface area (Å²) in [5.41, 5.74) is 0.448. The zero-order chi connectivity index (χ0) is 17.8. The van der Waals surface area contributed by atoms with E-state index in [0.717, 1.165) is 0 Å². The van der Waals surface area contributed by atoms with Gasteiger partial charge in [-0.1, -0.05) is 0 Å². The van der Waals surface area contributed by atoms with Gasteiger partial charge >= 0.3 is 6.61 Å². The number of benzene rings is 1. The van der Waals surface area contributed by atoms with E-state index in [9.17, 15) is 18.4 Å². The average molecular weight is 350 g/mol. The molecule has 25 heavy (non-hydrogen) atoms. The smallest absolute Gasteiger partial charge is 0.387 e. The number of rotatable bonds is 6. The molecule has 1 aromatic heterocycles. The molecular weight excluding hydrogens is 334 g/mol. The van der Waals surface area contributed by atoms with Crippen LogP contribution in [0.4, 0.5) is 14.5 Å². The van der Waals surface area contributed by atoms with Crippen molar-refractivity contribution in [3.05, 3.63) is 48.4 Å². The first-order chi connectivity index (χ1) is 12.0. The predicted octanol–water partition coefficient (Wildman–Crippen LogP) is 2.87. The molecule has 1 aromatic carbocycles. The largest absolute Gasteiger partial charge is 0.467 e. The van der Waals surface area contributed by atoms with Crippen molar-refractivity contribution >= 4 is 17.5 Å². The number of likely N-dealkylation sites (tertiary alicyclic amines) is 1. The third kappa shape index (κ3) is 4.34. The van der Waals surface area contributed by atoms with Crippen molar-refractivity contribution in [2.75, 3.05) is 11.9 Å². The van der Waals surface area contributed by atoms with E-state index in [-0.39, 0.29) is 24.0 Å². The van der Waals surface area contributed by atoms with E-state index in [1.807, 2.05) is 0 Å². The zero-order valence-corrected chi connectivity index (χ0v) is 13.2. The Bertz CT molecular complexity index is 732. The number of ether oxygens (including phenoxy) is 1. The first-order valence-corrected chi connectivity index (χ1v) is 7.67. The van der Waals surface area contributed by atoms with Gasteiger partial charge in [-0.05, 0) is 36.4 Å². The van der Waals surface area contributed by atoms with Gasteiger partial charge in [0.25, 0.3) is 0 Å².